The van der Waals surface area contributed by atoms with Crippen LogP contribution < -0.4 is 10.2 Å². The van der Waals surface area contributed by atoms with Gasteiger partial charge in [-0.05, 0) is 31.2 Å². The fourth-order valence-electron chi connectivity index (χ4n) is 3.36. The normalized spacial score (nSPS) is 16.2. The van der Waals surface area contributed by atoms with Crippen molar-refractivity contribution < 1.29 is 22.9 Å². The van der Waals surface area contributed by atoms with E-state index in [4.69, 9.17) is 0 Å². The minimum atomic E-state index is -4.39. The Labute approximate surface area is 171 Å². The second-order valence-corrected chi connectivity index (χ2v) is 7.04. The van der Waals surface area contributed by atoms with Crippen molar-refractivity contribution in [2.24, 2.45) is 0 Å². The molecular weight excluding hydrogens is 401 g/mol. The predicted octanol–water partition coefficient (Wildman–Crippen LogP) is 3.76. The van der Waals surface area contributed by atoms with Gasteiger partial charge in [0.1, 0.15) is 0 Å². The molecule has 0 bridgehead atoms. The zero-order chi connectivity index (χ0) is 21.9. The van der Waals surface area contributed by atoms with Crippen LogP contribution in [0.4, 0.5) is 30.2 Å². The molecule has 1 aliphatic heterocycles. The van der Waals surface area contributed by atoms with Gasteiger partial charge in [-0.1, -0.05) is 12.1 Å². The Hall–Kier alpha value is -3.14. The molecule has 0 unspecified atom stereocenters. The first-order chi connectivity index (χ1) is 14.1. The minimum absolute atomic E-state index is 0.116. The lowest BCUT2D eigenvalue weighted by Gasteiger charge is -2.38. The van der Waals surface area contributed by atoms with Gasteiger partial charge in [0.2, 0.25) is 5.91 Å². The number of rotatable bonds is 5. The second-order valence-electron chi connectivity index (χ2n) is 7.04. The number of piperazine rings is 1. The number of hydrogen-bond acceptors (Lipinski definition) is 5. The lowest BCUT2D eigenvalue weighted by atomic mass is 10.1. The molecule has 30 heavy (non-hydrogen) atoms. The van der Waals surface area contributed by atoms with Crippen LogP contribution in [0.2, 0.25) is 0 Å². The number of carbonyl (C=O) groups excluding carboxylic acids is 1. The van der Waals surface area contributed by atoms with Crippen molar-refractivity contribution >= 4 is 23.0 Å². The number of alkyl halides is 3. The standard InChI is InChI=1S/C20H21F3N4O3/c1-14(19(28)24-16-5-3-7-18(13-16)27(29)30)25-8-10-26(11-9-25)17-6-2-4-15(12-17)20(21,22)23/h2-7,12-14H,8-11H2,1H3,(H,24,28)/t14-/m1/s1. The van der Waals surface area contributed by atoms with Crippen molar-refractivity contribution in [2.45, 2.75) is 19.1 Å². The number of carbonyl (C=O) groups is 1. The third-order valence-corrected chi connectivity index (χ3v) is 5.10. The van der Waals surface area contributed by atoms with Gasteiger partial charge in [0.05, 0.1) is 16.5 Å². The molecule has 0 radical (unpaired) electrons. The van der Waals surface area contributed by atoms with E-state index in [1.165, 1.54) is 24.3 Å². The van der Waals surface area contributed by atoms with E-state index in [0.29, 0.717) is 37.6 Å². The van der Waals surface area contributed by atoms with Crippen LogP contribution in [0.3, 0.4) is 0 Å². The van der Waals surface area contributed by atoms with Gasteiger partial charge < -0.3 is 10.2 Å². The summed E-state index contributed by atoms with van der Waals surface area (Å²) in [6, 6.07) is 10.4. The van der Waals surface area contributed by atoms with E-state index in [1.807, 2.05) is 9.80 Å². The van der Waals surface area contributed by atoms with Gasteiger partial charge in [-0.15, -0.1) is 0 Å². The molecule has 1 fully saturated rings. The molecule has 0 saturated carbocycles. The quantitative estimate of drug-likeness (QED) is 0.586. The molecule has 1 N–H and O–H groups in total. The van der Waals surface area contributed by atoms with Gasteiger partial charge in [-0.2, -0.15) is 13.2 Å². The second kappa shape index (κ2) is 8.70. The lowest BCUT2D eigenvalue weighted by Crippen LogP contribution is -2.52. The number of amides is 1. The molecule has 10 heteroatoms. The first-order valence-corrected chi connectivity index (χ1v) is 9.37. The summed E-state index contributed by atoms with van der Waals surface area (Å²) in [5.74, 6) is -0.303. The number of nitrogens with one attached hydrogen (secondary N) is 1. The first kappa shape index (κ1) is 21.6. The van der Waals surface area contributed by atoms with Gasteiger partial charge in [-0.25, -0.2) is 0 Å². The minimum Gasteiger partial charge on any atom is -0.369 e. The van der Waals surface area contributed by atoms with Crippen LogP contribution in [0.15, 0.2) is 48.5 Å². The SMILES string of the molecule is C[C@H](C(=O)Nc1cccc([N+](=O)[O-])c1)N1CCN(c2cccc(C(F)(F)F)c2)CC1. The third-order valence-electron chi connectivity index (χ3n) is 5.10. The van der Waals surface area contributed by atoms with Crippen LogP contribution in [0.5, 0.6) is 0 Å². The van der Waals surface area contributed by atoms with Gasteiger partial charge in [0, 0.05) is 49.7 Å². The summed E-state index contributed by atoms with van der Waals surface area (Å²) in [6.45, 7) is 3.69. The van der Waals surface area contributed by atoms with Crippen molar-refractivity contribution in [2.75, 3.05) is 36.4 Å². The van der Waals surface area contributed by atoms with Crippen LogP contribution in [0.1, 0.15) is 12.5 Å². The Morgan fingerprint density at radius 2 is 1.77 bits per heavy atom. The summed E-state index contributed by atoms with van der Waals surface area (Å²) in [7, 11) is 0. The molecule has 0 spiro atoms. The van der Waals surface area contributed by atoms with Gasteiger partial charge in [-0.3, -0.25) is 19.8 Å². The molecular formula is C20H21F3N4O3. The molecule has 0 aliphatic carbocycles. The van der Waals surface area contributed by atoms with E-state index < -0.39 is 22.7 Å². The summed E-state index contributed by atoms with van der Waals surface area (Å²) >= 11 is 0. The highest BCUT2D eigenvalue weighted by atomic mass is 19.4. The molecule has 160 valence electrons. The summed E-state index contributed by atoms with van der Waals surface area (Å²) in [4.78, 5) is 26.6. The Bertz CT molecular complexity index is 928. The summed E-state index contributed by atoms with van der Waals surface area (Å²) in [6.07, 6.45) is -4.39. The van der Waals surface area contributed by atoms with E-state index >= 15 is 0 Å². The predicted molar refractivity (Wildman–Crippen MR) is 106 cm³/mol. The number of benzene rings is 2. The van der Waals surface area contributed by atoms with Gasteiger partial charge >= 0.3 is 6.18 Å². The molecule has 3 rings (SSSR count). The van der Waals surface area contributed by atoms with Gasteiger partial charge in [0.15, 0.2) is 0 Å². The Balaban J connectivity index is 1.59. The maximum atomic E-state index is 12.9. The molecule has 2 aromatic rings. The zero-order valence-corrected chi connectivity index (χ0v) is 16.2. The zero-order valence-electron chi connectivity index (χ0n) is 16.2. The van der Waals surface area contributed by atoms with Crippen molar-refractivity contribution in [3.63, 3.8) is 0 Å². The molecule has 1 saturated heterocycles. The number of non-ortho nitro benzene ring substituents is 1. The fourth-order valence-corrected chi connectivity index (χ4v) is 3.36. The Kier molecular flexibility index (Phi) is 6.25. The average Bonchev–Trinajstić information content (AvgIpc) is 2.73. The highest BCUT2D eigenvalue weighted by molar-refractivity contribution is 5.94. The average molecular weight is 422 g/mol. The van der Waals surface area contributed by atoms with E-state index in [9.17, 15) is 28.1 Å². The maximum Gasteiger partial charge on any atom is 0.416 e. The molecule has 1 heterocycles. The van der Waals surface area contributed by atoms with Crippen LogP contribution in [-0.4, -0.2) is 48.0 Å². The molecule has 1 atom stereocenters. The summed E-state index contributed by atoms with van der Waals surface area (Å²) < 4.78 is 38.8. The Morgan fingerprint density at radius 1 is 1.10 bits per heavy atom. The van der Waals surface area contributed by atoms with Crippen molar-refractivity contribution in [1.82, 2.24) is 4.90 Å². The number of nitrogens with zero attached hydrogens (tertiary/aromatic N) is 3. The number of nitro benzene ring substituents is 1. The van der Waals surface area contributed by atoms with E-state index in [2.05, 4.69) is 5.32 Å². The van der Waals surface area contributed by atoms with Gasteiger partial charge in [0.25, 0.3) is 5.69 Å². The summed E-state index contributed by atoms with van der Waals surface area (Å²) in [5, 5.41) is 13.5. The topological polar surface area (TPSA) is 78.7 Å². The van der Waals surface area contributed by atoms with Crippen LogP contribution in [0.25, 0.3) is 0 Å². The van der Waals surface area contributed by atoms with E-state index in [-0.39, 0.29) is 11.6 Å². The number of halogens is 3. The molecule has 1 amide bonds. The first-order valence-electron chi connectivity index (χ1n) is 9.37. The van der Waals surface area contributed by atoms with Crippen LogP contribution >= 0.6 is 0 Å². The van der Waals surface area contributed by atoms with Crippen molar-refractivity contribution in [1.29, 1.82) is 0 Å². The third kappa shape index (κ3) is 5.07. The molecule has 1 aliphatic rings. The monoisotopic (exact) mass is 422 g/mol. The van der Waals surface area contributed by atoms with E-state index in [0.717, 1.165) is 12.1 Å². The molecule has 7 nitrogen and oxygen atoms in total. The number of nitro groups is 1. The lowest BCUT2D eigenvalue weighted by molar-refractivity contribution is -0.384. The molecule has 2 aromatic carbocycles. The maximum absolute atomic E-state index is 12.9. The highest BCUT2D eigenvalue weighted by Crippen LogP contribution is 2.32. The largest absolute Gasteiger partial charge is 0.416 e. The highest BCUT2D eigenvalue weighted by Gasteiger charge is 2.31. The van der Waals surface area contributed by atoms with Crippen molar-refractivity contribution in [3.05, 3.63) is 64.2 Å². The smallest absolute Gasteiger partial charge is 0.369 e. The van der Waals surface area contributed by atoms with Crippen LogP contribution in [-0.2, 0) is 11.0 Å². The Morgan fingerprint density at radius 3 is 2.40 bits per heavy atom. The fraction of sp³-hybridized carbons (Fsp3) is 0.350. The number of anilines is 2. The van der Waals surface area contributed by atoms with E-state index in [1.54, 1.807) is 19.1 Å². The molecule has 0 aromatic heterocycles. The number of hydrogen-bond donors (Lipinski definition) is 1. The van der Waals surface area contributed by atoms with Crippen LogP contribution in [0, 0.1) is 10.1 Å². The van der Waals surface area contributed by atoms with Crippen molar-refractivity contribution in [3.8, 4) is 0 Å². The summed E-state index contributed by atoms with van der Waals surface area (Å²) in [5.41, 5.74) is 0.0316.